The van der Waals surface area contributed by atoms with E-state index in [1.165, 1.54) is 5.56 Å². The molecule has 3 aromatic rings. The van der Waals surface area contributed by atoms with E-state index in [0.29, 0.717) is 25.2 Å². The van der Waals surface area contributed by atoms with Crippen LogP contribution < -0.4 is 0 Å². The van der Waals surface area contributed by atoms with Crippen LogP contribution in [0.5, 0.6) is 0 Å². The van der Waals surface area contributed by atoms with Gasteiger partial charge in [-0.1, -0.05) is 13.0 Å². The van der Waals surface area contributed by atoms with Crippen LogP contribution in [0.4, 0.5) is 0 Å². The van der Waals surface area contributed by atoms with E-state index >= 15 is 0 Å². The van der Waals surface area contributed by atoms with E-state index in [1.54, 1.807) is 11.3 Å². The number of nitrogens with zero attached hydrogens (tertiary/aromatic N) is 3. The van der Waals surface area contributed by atoms with Crippen LogP contribution in [0.3, 0.4) is 0 Å². The van der Waals surface area contributed by atoms with Crippen LogP contribution in [0, 0.1) is 6.92 Å². The van der Waals surface area contributed by atoms with Crippen molar-refractivity contribution < 1.29 is 4.79 Å². The van der Waals surface area contributed by atoms with Crippen LogP contribution in [0.25, 0.3) is 11.0 Å². The molecular weight excluding hydrogens is 332 g/mol. The number of hydrogen-bond donors (Lipinski definition) is 1. The number of hydrogen-bond acceptors (Lipinski definition) is 4. The predicted molar refractivity (Wildman–Crippen MR) is 102 cm³/mol. The van der Waals surface area contributed by atoms with E-state index in [1.807, 2.05) is 23.3 Å². The molecule has 0 bridgehead atoms. The van der Waals surface area contributed by atoms with Crippen LogP contribution in [0.2, 0.25) is 0 Å². The van der Waals surface area contributed by atoms with Gasteiger partial charge in [0.1, 0.15) is 11.5 Å². The zero-order valence-electron chi connectivity index (χ0n) is 15.0. The minimum absolute atomic E-state index is 0.00746. The molecule has 6 heteroatoms. The summed E-state index contributed by atoms with van der Waals surface area (Å²) in [4.78, 5) is 26.9. The Hall–Kier alpha value is -2.21. The van der Waals surface area contributed by atoms with E-state index in [9.17, 15) is 4.79 Å². The number of rotatable bonds is 7. The van der Waals surface area contributed by atoms with Crippen molar-refractivity contribution in [1.29, 1.82) is 0 Å². The van der Waals surface area contributed by atoms with Gasteiger partial charge in [0, 0.05) is 24.9 Å². The average Bonchev–Trinajstić information content (AvgIpc) is 3.21. The van der Waals surface area contributed by atoms with Crippen molar-refractivity contribution in [2.75, 3.05) is 13.1 Å². The third kappa shape index (κ3) is 4.07. The SMILES string of the molecule is CCCc1nc(C(=O)N(CC)CCc2nc3ccc(C)cc3[nH]2)cs1. The zero-order chi connectivity index (χ0) is 17.8. The molecule has 0 aliphatic rings. The lowest BCUT2D eigenvalue weighted by molar-refractivity contribution is 0.0760. The number of aromatic nitrogens is 3. The number of amides is 1. The number of H-pyrrole nitrogens is 1. The number of imidazole rings is 1. The topological polar surface area (TPSA) is 61.9 Å². The molecule has 1 N–H and O–H groups in total. The summed E-state index contributed by atoms with van der Waals surface area (Å²) in [6.45, 7) is 7.49. The van der Waals surface area contributed by atoms with Crippen molar-refractivity contribution in [2.24, 2.45) is 0 Å². The van der Waals surface area contributed by atoms with E-state index in [4.69, 9.17) is 0 Å². The molecule has 0 saturated heterocycles. The smallest absolute Gasteiger partial charge is 0.273 e. The van der Waals surface area contributed by atoms with Gasteiger partial charge in [-0.3, -0.25) is 4.79 Å². The number of aromatic amines is 1. The molecule has 2 aromatic heterocycles. The van der Waals surface area contributed by atoms with Gasteiger partial charge in [-0.05, 0) is 44.4 Å². The lowest BCUT2D eigenvalue weighted by Gasteiger charge is -2.19. The summed E-state index contributed by atoms with van der Waals surface area (Å²) in [6, 6.07) is 6.18. The number of aryl methyl sites for hydroxylation is 2. The van der Waals surface area contributed by atoms with Crippen LogP contribution in [0.15, 0.2) is 23.6 Å². The maximum Gasteiger partial charge on any atom is 0.273 e. The summed E-state index contributed by atoms with van der Waals surface area (Å²) >= 11 is 1.57. The van der Waals surface area contributed by atoms with Crippen LogP contribution >= 0.6 is 11.3 Å². The monoisotopic (exact) mass is 356 g/mol. The Labute approximate surface area is 152 Å². The van der Waals surface area contributed by atoms with Crippen molar-refractivity contribution in [3.63, 3.8) is 0 Å². The predicted octanol–water partition coefficient (Wildman–Crippen LogP) is 3.99. The Morgan fingerprint density at radius 2 is 2.08 bits per heavy atom. The molecule has 0 unspecified atom stereocenters. The van der Waals surface area contributed by atoms with Crippen LogP contribution in [0.1, 0.15) is 47.2 Å². The van der Waals surface area contributed by atoms with Crippen molar-refractivity contribution in [3.05, 3.63) is 45.7 Å². The van der Waals surface area contributed by atoms with Crippen molar-refractivity contribution in [1.82, 2.24) is 19.9 Å². The second kappa shape index (κ2) is 7.78. The van der Waals surface area contributed by atoms with E-state index in [0.717, 1.165) is 34.7 Å². The highest BCUT2D eigenvalue weighted by molar-refractivity contribution is 7.09. The maximum atomic E-state index is 12.7. The fourth-order valence-electron chi connectivity index (χ4n) is 2.84. The Morgan fingerprint density at radius 1 is 1.24 bits per heavy atom. The first-order valence-electron chi connectivity index (χ1n) is 8.79. The van der Waals surface area contributed by atoms with E-state index in [-0.39, 0.29) is 5.91 Å². The van der Waals surface area contributed by atoms with Crippen LogP contribution in [-0.4, -0.2) is 38.8 Å². The summed E-state index contributed by atoms with van der Waals surface area (Å²) in [5, 5.41) is 2.91. The molecule has 132 valence electrons. The fourth-order valence-corrected chi connectivity index (χ4v) is 3.71. The number of likely N-dealkylation sites (N-methyl/N-ethyl adjacent to an activating group) is 1. The molecular formula is C19H24N4OS. The summed E-state index contributed by atoms with van der Waals surface area (Å²) < 4.78 is 0. The molecule has 25 heavy (non-hydrogen) atoms. The highest BCUT2D eigenvalue weighted by atomic mass is 32.1. The molecule has 0 aliphatic heterocycles. The Balaban J connectivity index is 1.67. The van der Waals surface area contributed by atoms with E-state index in [2.05, 4.69) is 40.9 Å². The molecule has 0 spiro atoms. The van der Waals surface area contributed by atoms with Gasteiger partial charge >= 0.3 is 0 Å². The van der Waals surface area contributed by atoms with Gasteiger partial charge in [-0.15, -0.1) is 11.3 Å². The largest absolute Gasteiger partial charge is 0.342 e. The molecule has 1 amide bonds. The second-order valence-electron chi connectivity index (χ2n) is 6.22. The van der Waals surface area contributed by atoms with E-state index < -0.39 is 0 Å². The summed E-state index contributed by atoms with van der Waals surface area (Å²) in [5.41, 5.74) is 3.79. The third-order valence-corrected chi connectivity index (χ3v) is 5.12. The summed E-state index contributed by atoms with van der Waals surface area (Å²) in [5.74, 6) is 0.921. The number of thiazole rings is 1. The molecule has 5 nitrogen and oxygen atoms in total. The molecule has 1 aromatic carbocycles. The molecule has 0 fully saturated rings. The Morgan fingerprint density at radius 3 is 2.84 bits per heavy atom. The van der Waals surface area contributed by atoms with Gasteiger partial charge in [-0.2, -0.15) is 0 Å². The molecule has 0 radical (unpaired) electrons. The Kier molecular flexibility index (Phi) is 5.48. The summed E-state index contributed by atoms with van der Waals surface area (Å²) in [6.07, 6.45) is 2.69. The van der Waals surface area contributed by atoms with Gasteiger partial charge < -0.3 is 9.88 Å². The first-order valence-corrected chi connectivity index (χ1v) is 9.67. The first kappa shape index (κ1) is 17.6. The molecule has 3 rings (SSSR count). The number of fused-ring (bicyclic) bond motifs is 1. The highest BCUT2D eigenvalue weighted by Crippen LogP contribution is 2.16. The minimum Gasteiger partial charge on any atom is -0.342 e. The van der Waals surface area contributed by atoms with Crippen molar-refractivity contribution in [2.45, 2.75) is 40.0 Å². The van der Waals surface area contributed by atoms with Gasteiger partial charge in [0.15, 0.2) is 0 Å². The van der Waals surface area contributed by atoms with Crippen LogP contribution in [-0.2, 0) is 12.8 Å². The van der Waals surface area contributed by atoms with Crippen molar-refractivity contribution in [3.8, 4) is 0 Å². The molecule has 0 aliphatic carbocycles. The number of nitrogens with one attached hydrogen (secondary N) is 1. The van der Waals surface area contributed by atoms with Gasteiger partial charge in [-0.25, -0.2) is 9.97 Å². The number of carbonyl (C=O) groups excluding carboxylic acids is 1. The molecule has 2 heterocycles. The lowest BCUT2D eigenvalue weighted by atomic mass is 10.2. The quantitative estimate of drug-likeness (QED) is 0.696. The second-order valence-corrected chi connectivity index (χ2v) is 7.16. The average molecular weight is 356 g/mol. The first-order chi connectivity index (χ1) is 12.1. The number of carbonyl (C=O) groups is 1. The third-order valence-electron chi connectivity index (χ3n) is 4.21. The summed E-state index contributed by atoms with van der Waals surface area (Å²) in [7, 11) is 0. The Bertz CT molecular complexity index is 867. The minimum atomic E-state index is 0.00746. The zero-order valence-corrected chi connectivity index (χ0v) is 15.8. The fraction of sp³-hybridized carbons (Fsp3) is 0.421. The molecule has 0 saturated carbocycles. The standard InChI is InChI=1S/C19H24N4OS/c1-4-6-18-22-16(12-25-18)19(24)23(5-2)10-9-17-20-14-8-7-13(3)11-15(14)21-17/h7-8,11-12H,4-6,9-10H2,1-3H3,(H,20,21). The lowest BCUT2D eigenvalue weighted by Crippen LogP contribution is -2.33. The highest BCUT2D eigenvalue weighted by Gasteiger charge is 2.18. The van der Waals surface area contributed by atoms with Crippen molar-refractivity contribution >= 4 is 28.3 Å². The van der Waals surface area contributed by atoms with Gasteiger partial charge in [0.05, 0.1) is 16.0 Å². The van der Waals surface area contributed by atoms with Gasteiger partial charge in [0.2, 0.25) is 0 Å². The maximum absolute atomic E-state index is 12.7. The van der Waals surface area contributed by atoms with Gasteiger partial charge in [0.25, 0.3) is 5.91 Å². The number of benzene rings is 1. The molecule has 0 atom stereocenters. The normalized spacial score (nSPS) is 11.2.